The minimum Gasteiger partial charge on any atom is -0.482 e. The van der Waals surface area contributed by atoms with Gasteiger partial charge in [-0.3, -0.25) is 0 Å². The van der Waals surface area contributed by atoms with Crippen LogP contribution >= 0.6 is 15.9 Å². The van der Waals surface area contributed by atoms with Crippen molar-refractivity contribution in [2.45, 2.75) is 0 Å². The molecular weight excluding hydrogens is 322 g/mol. The highest BCUT2D eigenvalue weighted by Crippen LogP contribution is 2.23. The summed E-state index contributed by atoms with van der Waals surface area (Å²) in [5, 5.41) is 8.67. The standard InChI is InChI=1S/C15H10BrNO3/c16-13-3-1-2-4-14(13)20-15(18)10-19-12-7-5-11(9-17)6-8-12/h1-8H,10H2. The number of carbonyl (C=O) groups is 1. The Bertz CT molecular complexity index is 647. The van der Waals surface area contributed by atoms with Crippen molar-refractivity contribution in [3.63, 3.8) is 0 Å². The van der Waals surface area contributed by atoms with Crippen LogP contribution in [0.1, 0.15) is 5.56 Å². The molecule has 20 heavy (non-hydrogen) atoms. The third-order valence-electron chi connectivity index (χ3n) is 2.40. The zero-order valence-electron chi connectivity index (χ0n) is 10.4. The molecule has 2 aromatic carbocycles. The number of esters is 1. The van der Waals surface area contributed by atoms with Crippen molar-refractivity contribution in [1.82, 2.24) is 0 Å². The van der Waals surface area contributed by atoms with Gasteiger partial charge in [0.2, 0.25) is 0 Å². The maximum Gasteiger partial charge on any atom is 0.349 e. The maximum absolute atomic E-state index is 11.6. The zero-order valence-corrected chi connectivity index (χ0v) is 12.0. The van der Waals surface area contributed by atoms with Gasteiger partial charge in [-0.25, -0.2) is 4.79 Å². The predicted octanol–water partition coefficient (Wildman–Crippen LogP) is 3.31. The van der Waals surface area contributed by atoms with Gasteiger partial charge in [-0.05, 0) is 52.3 Å². The molecule has 5 heteroatoms. The Hall–Kier alpha value is -2.32. The summed E-state index contributed by atoms with van der Waals surface area (Å²) in [6.07, 6.45) is 0. The summed E-state index contributed by atoms with van der Waals surface area (Å²) in [6.45, 7) is -0.201. The molecule has 0 aromatic heterocycles. The summed E-state index contributed by atoms with van der Waals surface area (Å²) < 4.78 is 11.1. The number of benzene rings is 2. The molecule has 0 saturated carbocycles. The molecule has 0 atom stereocenters. The number of carbonyl (C=O) groups excluding carboxylic acids is 1. The first-order valence-electron chi connectivity index (χ1n) is 5.77. The normalized spacial score (nSPS) is 9.60. The van der Waals surface area contributed by atoms with Gasteiger partial charge in [-0.15, -0.1) is 0 Å². The summed E-state index contributed by atoms with van der Waals surface area (Å²) in [4.78, 5) is 11.6. The van der Waals surface area contributed by atoms with Gasteiger partial charge in [-0.2, -0.15) is 5.26 Å². The highest BCUT2D eigenvalue weighted by Gasteiger charge is 2.08. The topological polar surface area (TPSA) is 59.3 Å². The van der Waals surface area contributed by atoms with E-state index < -0.39 is 5.97 Å². The van der Waals surface area contributed by atoms with Gasteiger partial charge in [0.15, 0.2) is 6.61 Å². The first-order valence-corrected chi connectivity index (χ1v) is 6.56. The first-order chi connectivity index (χ1) is 9.69. The fraction of sp³-hybridized carbons (Fsp3) is 0.0667. The molecule has 2 rings (SSSR count). The number of hydrogen-bond acceptors (Lipinski definition) is 4. The molecule has 0 fully saturated rings. The third kappa shape index (κ3) is 3.84. The van der Waals surface area contributed by atoms with Crippen LogP contribution in [0.5, 0.6) is 11.5 Å². The van der Waals surface area contributed by atoms with E-state index >= 15 is 0 Å². The quantitative estimate of drug-likeness (QED) is 0.637. The van der Waals surface area contributed by atoms with E-state index in [0.29, 0.717) is 21.5 Å². The van der Waals surface area contributed by atoms with E-state index in [-0.39, 0.29) is 6.61 Å². The summed E-state index contributed by atoms with van der Waals surface area (Å²) in [5.41, 5.74) is 0.535. The fourth-order valence-electron chi connectivity index (χ4n) is 1.45. The molecule has 0 radical (unpaired) electrons. The van der Waals surface area contributed by atoms with Crippen LogP contribution < -0.4 is 9.47 Å². The number of rotatable bonds is 4. The number of ether oxygens (including phenoxy) is 2. The van der Waals surface area contributed by atoms with Crippen molar-refractivity contribution >= 4 is 21.9 Å². The Morgan fingerprint density at radius 3 is 2.50 bits per heavy atom. The number of halogens is 1. The molecule has 0 N–H and O–H groups in total. The third-order valence-corrected chi connectivity index (χ3v) is 3.06. The van der Waals surface area contributed by atoms with E-state index in [2.05, 4.69) is 15.9 Å². The van der Waals surface area contributed by atoms with E-state index in [1.807, 2.05) is 12.1 Å². The summed E-state index contributed by atoms with van der Waals surface area (Å²) >= 11 is 3.29. The van der Waals surface area contributed by atoms with Gasteiger partial charge in [0.1, 0.15) is 11.5 Å². The molecule has 0 amide bonds. The summed E-state index contributed by atoms with van der Waals surface area (Å²) in [6, 6.07) is 15.6. The van der Waals surface area contributed by atoms with E-state index in [1.54, 1.807) is 42.5 Å². The van der Waals surface area contributed by atoms with Gasteiger partial charge >= 0.3 is 5.97 Å². The Labute approximate surface area is 124 Å². The minimum atomic E-state index is -0.499. The van der Waals surface area contributed by atoms with Gasteiger partial charge in [-0.1, -0.05) is 12.1 Å². The Balaban J connectivity index is 1.89. The van der Waals surface area contributed by atoms with Crippen molar-refractivity contribution in [3.05, 3.63) is 58.6 Å². The lowest BCUT2D eigenvalue weighted by Gasteiger charge is -2.07. The molecule has 0 unspecified atom stereocenters. The lowest BCUT2D eigenvalue weighted by molar-refractivity contribution is -0.136. The highest BCUT2D eigenvalue weighted by atomic mass is 79.9. The molecule has 2 aromatic rings. The second-order valence-corrected chi connectivity index (χ2v) is 4.68. The Morgan fingerprint density at radius 2 is 1.85 bits per heavy atom. The molecule has 0 heterocycles. The Morgan fingerprint density at radius 1 is 1.15 bits per heavy atom. The van der Waals surface area contributed by atoms with Crippen LogP contribution in [0.15, 0.2) is 53.0 Å². The van der Waals surface area contributed by atoms with Gasteiger partial charge in [0.25, 0.3) is 0 Å². The van der Waals surface area contributed by atoms with Crippen LogP contribution in [0.4, 0.5) is 0 Å². The molecule has 0 aliphatic carbocycles. The smallest absolute Gasteiger partial charge is 0.349 e. The molecule has 0 saturated heterocycles. The van der Waals surface area contributed by atoms with Crippen LogP contribution in [-0.4, -0.2) is 12.6 Å². The average molecular weight is 332 g/mol. The van der Waals surface area contributed by atoms with Gasteiger partial charge in [0.05, 0.1) is 16.1 Å². The summed E-state index contributed by atoms with van der Waals surface area (Å²) in [5.74, 6) is 0.454. The van der Waals surface area contributed by atoms with Crippen molar-refractivity contribution < 1.29 is 14.3 Å². The highest BCUT2D eigenvalue weighted by molar-refractivity contribution is 9.10. The molecule has 100 valence electrons. The maximum atomic E-state index is 11.6. The molecule has 0 bridgehead atoms. The monoisotopic (exact) mass is 331 g/mol. The molecule has 0 aliphatic rings. The van der Waals surface area contributed by atoms with Gasteiger partial charge < -0.3 is 9.47 Å². The first kappa shape index (κ1) is 14.1. The molecule has 4 nitrogen and oxygen atoms in total. The zero-order chi connectivity index (χ0) is 14.4. The lowest BCUT2D eigenvalue weighted by atomic mass is 10.2. The van der Waals surface area contributed by atoms with Crippen LogP contribution in [-0.2, 0) is 4.79 Å². The number of para-hydroxylation sites is 1. The predicted molar refractivity (Wildman–Crippen MR) is 76.4 cm³/mol. The van der Waals surface area contributed by atoms with Crippen molar-refractivity contribution in [3.8, 4) is 17.6 Å². The molecule has 0 spiro atoms. The van der Waals surface area contributed by atoms with Crippen molar-refractivity contribution in [2.24, 2.45) is 0 Å². The lowest BCUT2D eigenvalue weighted by Crippen LogP contribution is -2.17. The second kappa shape index (κ2) is 6.73. The average Bonchev–Trinajstić information content (AvgIpc) is 2.48. The van der Waals surface area contributed by atoms with Crippen molar-refractivity contribution in [2.75, 3.05) is 6.61 Å². The number of nitrogens with zero attached hydrogens (tertiary/aromatic N) is 1. The van der Waals surface area contributed by atoms with Crippen LogP contribution in [0, 0.1) is 11.3 Å². The SMILES string of the molecule is N#Cc1ccc(OCC(=O)Oc2ccccc2Br)cc1. The second-order valence-electron chi connectivity index (χ2n) is 3.83. The van der Waals surface area contributed by atoms with E-state index in [1.165, 1.54) is 0 Å². The van der Waals surface area contributed by atoms with Crippen molar-refractivity contribution in [1.29, 1.82) is 5.26 Å². The van der Waals surface area contributed by atoms with Crippen LogP contribution in [0.3, 0.4) is 0 Å². The van der Waals surface area contributed by atoms with E-state index in [9.17, 15) is 4.79 Å². The molecule has 0 aliphatic heterocycles. The van der Waals surface area contributed by atoms with Gasteiger partial charge in [0, 0.05) is 0 Å². The summed E-state index contributed by atoms with van der Waals surface area (Å²) in [7, 11) is 0. The fourth-order valence-corrected chi connectivity index (χ4v) is 1.81. The van der Waals surface area contributed by atoms with E-state index in [4.69, 9.17) is 14.7 Å². The van der Waals surface area contributed by atoms with E-state index in [0.717, 1.165) is 0 Å². The van der Waals surface area contributed by atoms with Crippen LogP contribution in [0.25, 0.3) is 0 Å². The number of nitriles is 1. The Kier molecular flexibility index (Phi) is 4.75. The molecular formula is C15H10BrNO3. The minimum absolute atomic E-state index is 0.201. The largest absolute Gasteiger partial charge is 0.482 e. The number of hydrogen-bond donors (Lipinski definition) is 0. The van der Waals surface area contributed by atoms with Crippen LogP contribution in [0.2, 0.25) is 0 Å².